The van der Waals surface area contributed by atoms with E-state index in [0.29, 0.717) is 0 Å². The van der Waals surface area contributed by atoms with E-state index in [0.717, 1.165) is 38.2 Å². The molecule has 1 rings (SSSR count). The summed E-state index contributed by atoms with van der Waals surface area (Å²) in [5.74, 6) is 1.05. The van der Waals surface area contributed by atoms with E-state index in [2.05, 4.69) is 9.55 Å². The van der Waals surface area contributed by atoms with Crippen molar-refractivity contribution >= 4 is 5.91 Å². The van der Waals surface area contributed by atoms with Crippen molar-refractivity contribution in [3.63, 3.8) is 0 Å². The van der Waals surface area contributed by atoms with Gasteiger partial charge in [0.1, 0.15) is 5.82 Å². The van der Waals surface area contributed by atoms with Gasteiger partial charge in [0, 0.05) is 32.5 Å². The molecule has 1 heterocycles. The maximum atomic E-state index is 11.9. The van der Waals surface area contributed by atoms with Crippen LogP contribution in [0.15, 0.2) is 12.4 Å². The molecule has 0 aliphatic carbocycles. The number of carbonyl (C=O) groups excluding carboxylic acids is 1. The number of nitrogens with two attached hydrogens (primary N) is 1. The van der Waals surface area contributed by atoms with Crippen LogP contribution >= 0.6 is 0 Å². The fraction of sp³-hybridized carbons (Fsp3) is 0.692. The van der Waals surface area contributed by atoms with Crippen LogP contribution in [0, 0.1) is 6.92 Å². The Kier molecular flexibility index (Phi) is 5.85. The van der Waals surface area contributed by atoms with Gasteiger partial charge in [0.15, 0.2) is 0 Å². The van der Waals surface area contributed by atoms with Crippen molar-refractivity contribution in [3.8, 4) is 0 Å². The lowest BCUT2D eigenvalue weighted by atomic mass is 10.1. The highest BCUT2D eigenvalue weighted by Crippen LogP contribution is 2.01. The molecule has 1 aromatic heterocycles. The van der Waals surface area contributed by atoms with Crippen LogP contribution in [0.3, 0.4) is 0 Å². The molecule has 0 saturated carbocycles. The average Bonchev–Trinajstić information content (AvgIpc) is 2.74. The summed E-state index contributed by atoms with van der Waals surface area (Å²) < 4.78 is 2.09. The van der Waals surface area contributed by atoms with Crippen LogP contribution in [-0.4, -0.2) is 40.0 Å². The minimum atomic E-state index is -0.352. The Morgan fingerprint density at radius 3 is 2.89 bits per heavy atom. The summed E-state index contributed by atoms with van der Waals surface area (Å²) in [6, 6.07) is -0.352. The fourth-order valence-corrected chi connectivity index (χ4v) is 1.95. The molecule has 0 radical (unpaired) electrons. The van der Waals surface area contributed by atoms with E-state index in [1.54, 1.807) is 11.1 Å². The number of carbonyl (C=O) groups is 1. The molecule has 18 heavy (non-hydrogen) atoms. The van der Waals surface area contributed by atoms with Crippen molar-refractivity contribution in [2.45, 2.75) is 45.7 Å². The molecule has 1 unspecified atom stereocenters. The lowest BCUT2D eigenvalue weighted by Crippen LogP contribution is -2.42. The average molecular weight is 252 g/mol. The Morgan fingerprint density at radius 1 is 1.61 bits per heavy atom. The van der Waals surface area contributed by atoms with Crippen LogP contribution < -0.4 is 5.73 Å². The number of aromatic nitrogens is 2. The molecular weight excluding hydrogens is 228 g/mol. The fourth-order valence-electron chi connectivity index (χ4n) is 1.95. The lowest BCUT2D eigenvalue weighted by Gasteiger charge is -2.21. The zero-order valence-electron chi connectivity index (χ0n) is 11.6. The molecule has 0 spiro atoms. The molecule has 1 amide bonds. The van der Waals surface area contributed by atoms with Crippen molar-refractivity contribution in [3.05, 3.63) is 18.2 Å². The van der Waals surface area contributed by atoms with Gasteiger partial charge in [0.05, 0.1) is 6.04 Å². The van der Waals surface area contributed by atoms with Crippen molar-refractivity contribution in [2.75, 3.05) is 13.6 Å². The molecule has 0 saturated heterocycles. The zero-order chi connectivity index (χ0) is 13.5. The van der Waals surface area contributed by atoms with Gasteiger partial charge in [-0.3, -0.25) is 4.79 Å². The molecule has 0 fully saturated rings. The number of nitrogens with zero attached hydrogens (tertiary/aromatic N) is 3. The van der Waals surface area contributed by atoms with Gasteiger partial charge in [-0.15, -0.1) is 0 Å². The smallest absolute Gasteiger partial charge is 0.239 e. The Hall–Kier alpha value is -1.36. The second-order valence-electron chi connectivity index (χ2n) is 4.68. The van der Waals surface area contributed by atoms with Crippen molar-refractivity contribution in [1.82, 2.24) is 14.5 Å². The predicted octanol–water partition coefficient (Wildman–Crippen LogP) is 1.17. The second kappa shape index (κ2) is 7.16. The van der Waals surface area contributed by atoms with E-state index in [-0.39, 0.29) is 11.9 Å². The largest absolute Gasteiger partial charge is 0.344 e. The van der Waals surface area contributed by atoms with Crippen molar-refractivity contribution in [2.24, 2.45) is 5.73 Å². The van der Waals surface area contributed by atoms with E-state index < -0.39 is 0 Å². The van der Waals surface area contributed by atoms with Gasteiger partial charge in [-0.1, -0.05) is 13.3 Å². The van der Waals surface area contributed by atoms with Crippen molar-refractivity contribution < 1.29 is 4.79 Å². The molecule has 2 N–H and O–H groups in total. The van der Waals surface area contributed by atoms with Gasteiger partial charge in [0.2, 0.25) is 5.91 Å². The second-order valence-corrected chi connectivity index (χ2v) is 4.68. The van der Waals surface area contributed by atoms with Gasteiger partial charge in [-0.2, -0.15) is 0 Å². The molecule has 0 bridgehead atoms. The van der Waals surface area contributed by atoms with Gasteiger partial charge < -0.3 is 15.2 Å². The molecule has 5 nitrogen and oxygen atoms in total. The summed E-state index contributed by atoms with van der Waals surface area (Å²) in [5.41, 5.74) is 5.81. The van der Waals surface area contributed by atoms with Gasteiger partial charge >= 0.3 is 0 Å². The van der Waals surface area contributed by atoms with Gasteiger partial charge in [-0.05, 0) is 19.8 Å². The standard InChI is InChI=1S/C13H24N4O/c1-4-6-12(14)13(18)16(3)8-5-9-17-10-7-15-11(17)2/h7,10,12H,4-6,8-9,14H2,1-3H3. The van der Waals surface area contributed by atoms with Crippen LogP contribution in [0.4, 0.5) is 0 Å². The van der Waals surface area contributed by atoms with E-state index in [4.69, 9.17) is 5.73 Å². The summed E-state index contributed by atoms with van der Waals surface area (Å²) in [7, 11) is 1.82. The summed E-state index contributed by atoms with van der Waals surface area (Å²) in [5, 5.41) is 0. The molecule has 0 aliphatic heterocycles. The van der Waals surface area contributed by atoms with Gasteiger partial charge in [-0.25, -0.2) is 4.98 Å². The maximum absolute atomic E-state index is 11.9. The quantitative estimate of drug-likeness (QED) is 0.792. The van der Waals surface area contributed by atoms with Crippen LogP contribution in [0.5, 0.6) is 0 Å². The van der Waals surface area contributed by atoms with Crippen molar-refractivity contribution in [1.29, 1.82) is 0 Å². The molecule has 1 aromatic rings. The van der Waals surface area contributed by atoms with Crippen LogP contribution in [-0.2, 0) is 11.3 Å². The zero-order valence-corrected chi connectivity index (χ0v) is 11.6. The third-order valence-corrected chi connectivity index (χ3v) is 3.11. The topological polar surface area (TPSA) is 64.2 Å². The predicted molar refractivity (Wildman–Crippen MR) is 72.1 cm³/mol. The van der Waals surface area contributed by atoms with E-state index in [1.165, 1.54) is 0 Å². The Morgan fingerprint density at radius 2 is 2.33 bits per heavy atom. The number of likely N-dealkylation sites (N-methyl/N-ethyl adjacent to an activating group) is 1. The van der Waals surface area contributed by atoms with Crippen LogP contribution in [0.1, 0.15) is 32.0 Å². The molecule has 5 heteroatoms. The van der Waals surface area contributed by atoms with Crippen LogP contribution in [0.2, 0.25) is 0 Å². The first kappa shape index (κ1) is 14.7. The number of rotatable bonds is 7. The Bertz CT molecular complexity index is 375. The number of amides is 1. The molecule has 102 valence electrons. The summed E-state index contributed by atoms with van der Waals surface area (Å²) in [6.07, 6.45) is 6.36. The summed E-state index contributed by atoms with van der Waals surface area (Å²) in [6.45, 7) is 5.63. The van der Waals surface area contributed by atoms with E-state index in [9.17, 15) is 4.79 Å². The minimum Gasteiger partial charge on any atom is -0.344 e. The first-order chi connectivity index (χ1) is 8.56. The van der Waals surface area contributed by atoms with E-state index in [1.807, 2.05) is 27.1 Å². The molecule has 0 aliphatic rings. The Labute approximate surface area is 109 Å². The number of imidazole rings is 1. The number of hydrogen-bond acceptors (Lipinski definition) is 3. The summed E-state index contributed by atoms with van der Waals surface area (Å²) >= 11 is 0. The highest BCUT2D eigenvalue weighted by atomic mass is 16.2. The molecule has 0 aromatic carbocycles. The third kappa shape index (κ3) is 4.14. The highest BCUT2D eigenvalue weighted by Gasteiger charge is 2.16. The molecule has 1 atom stereocenters. The molecular formula is C13H24N4O. The van der Waals surface area contributed by atoms with E-state index >= 15 is 0 Å². The number of aryl methyl sites for hydroxylation is 2. The lowest BCUT2D eigenvalue weighted by molar-refractivity contribution is -0.131. The monoisotopic (exact) mass is 252 g/mol. The van der Waals surface area contributed by atoms with Gasteiger partial charge in [0.25, 0.3) is 0 Å². The Balaban J connectivity index is 2.30. The minimum absolute atomic E-state index is 0.0409. The first-order valence-corrected chi connectivity index (χ1v) is 6.54. The SMILES string of the molecule is CCCC(N)C(=O)N(C)CCCn1ccnc1C. The highest BCUT2D eigenvalue weighted by molar-refractivity contribution is 5.81. The maximum Gasteiger partial charge on any atom is 0.239 e. The van der Waals surface area contributed by atoms with Crippen LogP contribution in [0.25, 0.3) is 0 Å². The third-order valence-electron chi connectivity index (χ3n) is 3.11. The normalized spacial score (nSPS) is 12.4. The number of hydrogen-bond donors (Lipinski definition) is 1. The summed E-state index contributed by atoms with van der Waals surface area (Å²) in [4.78, 5) is 17.8. The first-order valence-electron chi connectivity index (χ1n) is 6.54.